The number of nitrogens with one attached hydrogen (secondary N) is 1. The monoisotopic (exact) mass is 613 g/mol. The average molecular weight is 614 g/mol. The normalized spacial score (nSPS) is 37.7. The third-order valence-corrected chi connectivity index (χ3v) is 11.3. The van der Waals surface area contributed by atoms with Crippen molar-refractivity contribution < 1.29 is 41.5 Å². The molecule has 0 radical (unpaired) electrons. The number of methoxy groups -OCH3 is 1. The molecule has 2 saturated carbocycles. The van der Waals surface area contributed by atoms with Gasteiger partial charge in [0.05, 0.1) is 32.3 Å². The fourth-order valence-corrected chi connectivity index (χ4v) is 9.36. The van der Waals surface area contributed by atoms with E-state index in [1.807, 2.05) is 6.08 Å². The number of allylic oxidation sites excluding steroid dienone is 1. The van der Waals surface area contributed by atoms with Crippen LogP contribution in [-0.4, -0.2) is 73.8 Å². The minimum absolute atomic E-state index is 0.0430. The number of likely N-dealkylation sites (tertiary alicyclic amines) is 1. The molecule has 2 saturated heterocycles. The summed E-state index contributed by atoms with van der Waals surface area (Å²) in [7, 11) is 3.80. The van der Waals surface area contributed by atoms with Crippen LogP contribution in [-0.2, 0) is 23.8 Å². The van der Waals surface area contributed by atoms with Crippen molar-refractivity contribution in [3.05, 3.63) is 64.8 Å². The van der Waals surface area contributed by atoms with E-state index in [0.717, 1.165) is 61.5 Å². The van der Waals surface area contributed by atoms with Crippen LogP contribution in [0.3, 0.4) is 0 Å². The molecule has 236 valence electrons. The van der Waals surface area contributed by atoms with E-state index in [2.05, 4.69) is 12.4 Å². The van der Waals surface area contributed by atoms with Gasteiger partial charge in [-0.25, -0.2) is 0 Å². The van der Waals surface area contributed by atoms with Crippen LogP contribution in [0.25, 0.3) is 5.76 Å². The van der Waals surface area contributed by atoms with E-state index in [-0.39, 0.29) is 17.1 Å². The minimum atomic E-state index is -5.14. The third-order valence-electron chi connectivity index (χ3n) is 11.3. The number of piperidine rings is 1. The van der Waals surface area contributed by atoms with Gasteiger partial charge >= 0.3 is 12.1 Å². The molecule has 1 aromatic carbocycles. The minimum Gasteiger partial charge on any atom is -0.425 e. The molecule has 7 atom stereocenters. The zero-order valence-electron chi connectivity index (χ0n) is 25.4. The van der Waals surface area contributed by atoms with Gasteiger partial charge in [-0.05, 0) is 42.9 Å². The second-order valence-corrected chi connectivity index (χ2v) is 13.8. The molecule has 0 aromatic heterocycles. The first-order chi connectivity index (χ1) is 20.9. The Bertz CT molecular complexity index is 1470. The number of benzene rings is 1. The van der Waals surface area contributed by atoms with E-state index >= 15 is 0 Å². The summed E-state index contributed by atoms with van der Waals surface area (Å²) < 4.78 is 63.0. The van der Waals surface area contributed by atoms with E-state index < -0.39 is 41.2 Å². The van der Waals surface area contributed by atoms with Gasteiger partial charge in [0.2, 0.25) is 0 Å². The SMILES string of the molecule is COC1(NC(=O)C(=C(OC(C)=O)c2ccccc2)C(F)(F)F)C=CC2=C3C1O[C@H]1CCC[C@H]4[C@@H](C2)[N+](C)(CC2CC2)CC[C@]314. The number of nitrogens with zero attached hydrogens (tertiary/aromatic N) is 1. The molecule has 3 unspecified atom stereocenters. The molecular formula is C34H40F3N2O5+. The van der Waals surface area contributed by atoms with Crippen molar-refractivity contribution in [2.45, 2.75) is 82.0 Å². The summed E-state index contributed by atoms with van der Waals surface area (Å²) >= 11 is 0. The van der Waals surface area contributed by atoms with Crippen LogP contribution in [0.2, 0.25) is 0 Å². The summed E-state index contributed by atoms with van der Waals surface area (Å²) in [5.41, 5.74) is -1.25. The van der Waals surface area contributed by atoms with Crippen molar-refractivity contribution in [2.75, 3.05) is 27.2 Å². The lowest BCUT2D eigenvalue weighted by atomic mass is 9.50. The van der Waals surface area contributed by atoms with E-state index in [4.69, 9.17) is 14.2 Å². The summed E-state index contributed by atoms with van der Waals surface area (Å²) in [6, 6.07) is 7.84. The van der Waals surface area contributed by atoms with E-state index in [0.29, 0.717) is 12.0 Å². The number of amides is 1. The number of carbonyl (C=O) groups is 2. The third kappa shape index (κ3) is 4.50. The first-order valence-corrected chi connectivity index (χ1v) is 15.8. The highest BCUT2D eigenvalue weighted by molar-refractivity contribution is 6.03. The number of hydrogen-bond donors (Lipinski definition) is 1. The Morgan fingerprint density at radius 1 is 1.14 bits per heavy atom. The predicted molar refractivity (Wildman–Crippen MR) is 155 cm³/mol. The van der Waals surface area contributed by atoms with E-state index in [1.54, 1.807) is 12.1 Å². The first-order valence-electron chi connectivity index (χ1n) is 15.8. The van der Waals surface area contributed by atoms with Gasteiger partial charge in [0.1, 0.15) is 6.10 Å². The topological polar surface area (TPSA) is 73.9 Å². The lowest BCUT2D eigenvalue weighted by Crippen LogP contribution is -2.69. The zero-order valence-corrected chi connectivity index (χ0v) is 25.4. The Balaban J connectivity index is 1.28. The van der Waals surface area contributed by atoms with Crippen molar-refractivity contribution in [1.29, 1.82) is 0 Å². The fraction of sp³-hybridized carbons (Fsp3) is 0.588. The quantitative estimate of drug-likeness (QED) is 0.146. The molecule has 4 aliphatic carbocycles. The molecular weight excluding hydrogens is 573 g/mol. The number of alkyl halides is 3. The molecule has 6 aliphatic rings. The van der Waals surface area contributed by atoms with Crippen molar-refractivity contribution in [2.24, 2.45) is 17.3 Å². The number of hydrogen-bond acceptors (Lipinski definition) is 5. The molecule has 4 fully saturated rings. The largest absolute Gasteiger partial charge is 0.425 e. The average Bonchev–Trinajstić information content (AvgIpc) is 3.72. The van der Waals surface area contributed by atoms with Crippen LogP contribution in [0.5, 0.6) is 0 Å². The second-order valence-electron chi connectivity index (χ2n) is 13.8. The van der Waals surface area contributed by atoms with Gasteiger partial charge < -0.3 is 24.0 Å². The molecule has 1 aromatic rings. The Morgan fingerprint density at radius 2 is 1.89 bits per heavy atom. The lowest BCUT2D eigenvalue weighted by molar-refractivity contribution is -0.947. The van der Waals surface area contributed by atoms with Gasteiger partial charge in [-0.3, -0.25) is 9.59 Å². The maximum Gasteiger partial charge on any atom is 0.425 e. The van der Waals surface area contributed by atoms with Crippen LogP contribution in [0, 0.1) is 17.3 Å². The molecule has 44 heavy (non-hydrogen) atoms. The number of quaternary nitrogens is 1. The Hall–Kier alpha value is -2.95. The number of carbonyl (C=O) groups excluding carboxylic acids is 2. The van der Waals surface area contributed by atoms with E-state index in [1.165, 1.54) is 56.3 Å². The Kier molecular flexibility index (Phi) is 6.95. The fourth-order valence-electron chi connectivity index (χ4n) is 9.36. The van der Waals surface area contributed by atoms with Crippen LogP contribution in [0.15, 0.2) is 59.2 Å². The molecule has 7 rings (SSSR count). The van der Waals surface area contributed by atoms with Crippen LogP contribution < -0.4 is 5.32 Å². The number of rotatable bonds is 7. The van der Waals surface area contributed by atoms with Gasteiger partial charge in [-0.15, -0.1) is 0 Å². The maximum atomic E-state index is 14.7. The number of halogens is 3. The van der Waals surface area contributed by atoms with Crippen molar-refractivity contribution in [3.63, 3.8) is 0 Å². The highest BCUT2D eigenvalue weighted by Gasteiger charge is 2.71. The number of ether oxygens (including phenoxy) is 3. The van der Waals surface area contributed by atoms with E-state index in [9.17, 15) is 22.8 Å². The Labute approximate surface area is 255 Å². The summed E-state index contributed by atoms with van der Waals surface area (Å²) in [6.45, 7) is 3.25. The maximum absolute atomic E-state index is 14.7. The highest BCUT2D eigenvalue weighted by atomic mass is 19.4. The van der Waals surface area contributed by atoms with Gasteiger partial charge in [0, 0.05) is 49.7 Å². The van der Waals surface area contributed by atoms with Crippen LogP contribution in [0.4, 0.5) is 13.2 Å². The smallest absolute Gasteiger partial charge is 0.425 e. The summed E-state index contributed by atoms with van der Waals surface area (Å²) in [5, 5.41) is 2.59. The zero-order chi connectivity index (χ0) is 31.1. The molecule has 10 heteroatoms. The molecule has 2 aliphatic heterocycles. The lowest BCUT2D eigenvalue weighted by Gasteiger charge is -2.62. The van der Waals surface area contributed by atoms with Crippen molar-refractivity contribution in [3.8, 4) is 0 Å². The van der Waals surface area contributed by atoms with Gasteiger partial charge in [0.15, 0.2) is 17.1 Å². The van der Waals surface area contributed by atoms with Crippen LogP contribution >= 0.6 is 0 Å². The van der Waals surface area contributed by atoms with Gasteiger partial charge in [-0.2, -0.15) is 13.2 Å². The van der Waals surface area contributed by atoms with Crippen molar-refractivity contribution >= 4 is 17.6 Å². The second kappa shape index (κ2) is 10.3. The summed E-state index contributed by atoms with van der Waals surface area (Å²) in [6.07, 6.45) is 5.11. The molecule has 7 nitrogen and oxygen atoms in total. The Morgan fingerprint density at radius 3 is 2.55 bits per heavy atom. The summed E-state index contributed by atoms with van der Waals surface area (Å²) in [4.78, 5) is 25.8. The standard InChI is InChI=1S/C34H39F3N2O5/c1-20(40)43-29(22-8-5-4-6-9-22)28(34(35,36)37)31(41)38-33(42-3)15-14-23-18-25-24-10-7-11-26-32(24,27(23)30(33)44-26)16-17-39(25,2)19-21-12-13-21/h4-6,8-9,14-15,21,24-26,30H,7,10-13,16-19H2,1-3H3/p+1/t24-,25+,26-,30?,32+,33?,39?/m0/s1. The molecule has 2 bridgehead atoms. The van der Waals surface area contributed by atoms with Gasteiger partial charge in [-0.1, -0.05) is 42.8 Å². The summed E-state index contributed by atoms with van der Waals surface area (Å²) in [5.74, 6) is -2.06. The van der Waals surface area contributed by atoms with Crippen LogP contribution in [0.1, 0.15) is 57.4 Å². The first kappa shape index (κ1) is 29.7. The molecule has 1 N–H and O–H groups in total. The predicted octanol–water partition coefficient (Wildman–Crippen LogP) is 5.43. The van der Waals surface area contributed by atoms with Crippen molar-refractivity contribution in [1.82, 2.24) is 5.32 Å². The molecule has 1 amide bonds. The number of esters is 1. The molecule has 1 spiro atoms. The molecule has 2 heterocycles. The highest BCUT2D eigenvalue weighted by Crippen LogP contribution is 2.67. The van der Waals surface area contributed by atoms with Gasteiger partial charge in [0.25, 0.3) is 5.91 Å².